The van der Waals surface area contributed by atoms with Crippen LogP contribution in [0.1, 0.15) is 23.3 Å². The van der Waals surface area contributed by atoms with Gasteiger partial charge in [0, 0.05) is 17.5 Å². The lowest BCUT2D eigenvalue weighted by Gasteiger charge is -2.27. The van der Waals surface area contributed by atoms with Gasteiger partial charge in [-0.05, 0) is 66.2 Å². The van der Waals surface area contributed by atoms with Crippen LogP contribution in [0, 0.1) is 5.82 Å². The molecular weight excluding hydrogens is 463 g/mol. The Morgan fingerprint density at radius 1 is 1.06 bits per heavy atom. The molecule has 1 saturated carbocycles. The number of hydrogen-bond donors (Lipinski definition) is 0. The number of amides is 1. The van der Waals surface area contributed by atoms with E-state index in [4.69, 9.17) is 4.74 Å². The van der Waals surface area contributed by atoms with Crippen molar-refractivity contribution in [3.05, 3.63) is 82.3 Å². The highest BCUT2D eigenvalue weighted by Crippen LogP contribution is 2.32. The van der Waals surface area contributed by atoms with Crippen molar-refractivity contribution in [1.82, 2.24) is 9.21 Å². The molecule has 9 heteroatoms. The number of carbonyl (C=O) groups excluding carboxylic acids is 1. The van der Waals surface area contributed by atoms with Crippen molar-refractivity contribution in [2.45, 2.75) is 36.9 Å². The second kappa shape index (κ2) is 10.0. The number of sulfonamides is 1. The van der Waals surface area contributed by atoms with Crippen LogP contribution in [0.15, 0.2) is 70.9 Å². The van der Waals surface area contributed by atoms with Crippen LogP contribution in [0.2, 0.25) is 0 Å². The number of carbonyl (C=O) groups is 1. The molecule has 2 aromatic carbocycles. The molecule has 1 amide bonds. The summed E-state index contributed by atoms with van der Waals surface area (Å²) < 4.78 is 46.5. The van der Waals surface area contributed by atoms with Crippen LogP contribution in [0.25, 0.3) is 0 Å². The van der Waals surface area contributed by atoms with Gasteiger partial charge in [-0.25, -0.2) is 12.8 Å². The monoisotopic (exact) mass is 488 g/mol. The van der Waals surface area contributed by atoms with Gasteiger partial charge in [-0.3, -0.25) is 4.79 Å². The Labute approximate surface area is 197 Å². The number of rotatable bonds is 10. The van der Waals surface area contributed by atoms with Crippen molar-refractivity contribution in [2.24, 2.45) is 0 Å². The quantitative estimate of drug-likeness (QED) is 0.427. The molecule has 1 aliphatic rings. The number of methoxy groups -OCH3 is 1. The number of thiophene rings is 1. The summed E-state index contributed by atoms with van der Waals surface area (Å²) in [6.07, 6.45) is 1.46. The highest BCUT2D eigenvalue weighted by atomic mass is 32.2. The van der Waals surface area contributed by atoms with Gasteiger partial charge >= 0.3 is 0 Å². The zero-order valence-electron chi connectivity index (χ0n) is 18.2. The average Bonchev–Trinajstić information content (AvgIpc) is 3.53. The molecule has 0 atom stereocenters. The van der Waals surface area contributed by atoms with E-state index in [2.05, 4.69) is 0 Å². The Morgan fingerprint density at radius 2 is 1.76 bits per heavy atom. The summed E-state index contributed by atoms with van der Waals surface area (Å²) in [5, 5.41) is 1.93. The van der Waals surface area contributed by atoms with E-state index >= 15 is 0 Å². The fourth-order valence-electron chi connectivity index (χ4n) is 3.52. The minimum absolute atomic E-state index is 0.131. The molecule has 1 aliphatic carbocycles. The number of hydrogen-bond acceptors (Lipinski definition) is 5. The molecule has 1 fully saturated rings. The van der Waals surface area contributed by atoms with Crippen LogP contribution in [0.5, 0.6) is 5.75 Å². The number of nitrogens with zero attached hydrogens (tertiary/aromatic N) is 2. The van der Waals surface area contributed by atoms with E-state index in [0.717, 1.165) is 23.3 Å². The molecule has 174 valence electrons. The number of benzene rings is 2. The minimum atomic E-state index is -3.85. The van der Waals surface area contributed by atoms with E-state index in [9.17, 15) is 17.6 Å². The van der Waals surface area contributed by atoms with Crippen LogP contribution in [-0.2, 0) is 27.9 Å². The molecule has 0 N–H and O–H groups in total. The summed E-state index contributed by atoms with van der Waals surface area (Å²) in [6, 6.07) is 15.8. The van der Waals surface area contributed by atoms with Crippen molar-refractivity contribution < 1.29 is 22.3 Å². The van der Waals surface area contributed by atoms with Crippen LogP contribution in [0.4, 0.5) is 4.39 Å². The second-order valence-corrected chi connectivity index (χ2v) is 10.8. The first kappa shape index (κ1) is 23.4. The zero-order chi connectivity index (χ0) is 23.4. The summed E-state index contributed by atoms with van der Waals surface area (Å²) in [5.41, 5.74) is 0.775. The molecule has 0 saturated heterocycles. The first-order valence-electron chi connectivity index (χ1n) is 10.6. The van der Waals surface area contributed by atoms with Crippen LogP contribution in [-0.4, -0.2) is 43.2 Å². The maximum atomic E-state index is 13.4. The Kier molecular flexibility index (Phi) is 7.11. The van der Waals surface area contributed by atoms with Crippen molar-refractivity contribution >= 4 is 27.3 Å². The SMILES string of the molecule is COc1ccc(S(=O)(=O)N(CC(=O)N(Cc2ccc(F)cc2)Cc2cccs2)C2CC2)cc1. The lowest BCUT2D eigenvalue weighted by atomic mass is 10.2. The maximum Gasteiger partial charge on any atom is 0.243 e. The van der Waals surface area contributed by atoms with Gasteiger partial charge in [-0.2, -0.15) is 4.31 Å². The van der Waals surface area contributed by atoms with Gasteiger partial charge in [0.2, 0.25) is 15.9 Å². The topological polar surface area (TPSA) is 66.9 Å². The molecular formula is C24H25FN2O4S2. The lowest BCUT2D eigenvalue weighted by Crippen LogP contribution is -2.43. The van der Waals surface area contributed by atoms with Gasteiger partial charge in [-0.1, -0.05) is 18.2 Å². The van der Waals surface area contributed by atoms with Gasteiger partial charge in [0.1, 0.15) is 11.6 Å². The van der Waals surface area contributed by atoms with Crippen LogP contribution in [0.3, 0.4) is 0 Å². The summed E-state index contributed by atoms with van der Waals surface area (Å²) in [7, 11) is -2.33. The second-order valence-electron chi connectivity index (χ2n) is 7.91. The average molecular weight is 489 g/mol. The standard InChI is InChI=1S/C24H25FN2O4S2/c1-31-21-10-12-23(13-11-21)33(29,30)27(20-8-9-20)17-24(28)26(16-22-3-2-14-32-22)15-18-4-6-19(25)7-5-18/h2-7,10-14,20H,8-9,15-17H2,1H3. The molecule has 1 aromatic heterocycles. The maximum absolute atomic E-state index is 13.4. The molecule has 33 heavy (non-hydrogen) atoms. The molecule has 1 heterocycles. The van der Waals surface area contributed by atoms with Crippen molar-refractivity contribution in [3.63, 3.8) is 0 Å². The van der Waals surface area contributed by atoms with Gasteiger partial charge in [-0.15, -0.1) is 11.3 Å². The smallest absolute Gasteiger partial charge is 0.243 e. The molecule has 4 rings (SSSR count). The third kappa shape index (κ3) is 5.79. The summed E-state index contributed by atoms with van der Waals surface area (Å²) in [5.74, 6) is -0.0819. The summed E-state index contributed by atoms with van der Waals surface area (Å²) in [4.78, 5) is 16.1. The zero-order valence-corrected chi connectivity index (χ0v) is 19.8. The Balaban J connectivity index is 1.56. The Bertz CT molecular complexity index is 1180. The molecule has 0 aliphatic heterocycles. The third-order valence-electron chi connectivity index (χ3n) is 5.48. The number of halogens is 1. The minimum Gasteiger partial charge on any atom is -0.497 e. The van der Waals surface area contributed by atoms with E-state index in [1.807, 2.05) is 17.5 Å². The molecule has 0 spiro atoms. The number of ether oxygens (including phenoxy) is 1. The van der Waals surface area contributed by atoms with E-state index in [1.54, 1.807) is 29.2 Å². The van der Waals surface area contributed by atoms with E-state index < -0.39 is 10.0 Å². The first-order valence-corrected chi connectivity index (χ1v) is 12.9. The third-order valence-corrected chi connectivity index (χ3v) is 8.25. The van der Waals surface area contributed by atoms with Gasteiger partial charge in [0.15, 0.2) is 0 Å². The van der Waals surface area contributed by atoms with Crippen molar-refractivity contribution in [3.8, 4) is 5.75 Å². The summed E-state index contributed by atoms with van der Waals surface area (Å²) in [6.45, 7) is 0.374. The van der Waals surface area contributed by atoms with Crippen LogP contribution < -0.4 is 4.74 Å². The van der Waals surface area contributed by atoms with Gasteiger partial charge in [0.25, 0.3) is 0 Å². The fraction of sp³-hybridized carbons (Fsp3) is 0.292. The Morgan fingerprint density at radius 3 is 2.33 bits per heavy atom. The van der Waals surface area contributed by atoms with E-state index in [0.29, 0.717) is 12.3 Å². The van der Waals surface area contributed by atoms with Crippen molar-refractivity contribution in [1.29, 1.82) is 0 Å². The van der Waals surface area contributed by atoms with E-state index in [1.165, 1.54) is 47.0 Å². The highest BCUT2D eigenvalue weighted by molar-refractivity contribution is 7.89. The van der Waals surface area contributed by atoms with Crippen LogP contribution >= 0.6 is 11.3 Å². The lowest BCUT2D eigenvalue weighted by molar-refractivity contribution is -0.132. The van der Waals surface area contributed by atoms with Gasteiger partial charge < -0.3 is 9.64 Å². The predicted molar refractivity (Wildman–Crippen MR) is 125 cm³/mol. The van der Waals surface area contributed by atoms with E-state index in [-0.39, 0.29) is 35.8 Å². The Hall–Kier alpha value is -2.75. The van der Waals surface area contributed by atoms with Gasteiger partial charge in [0.05, 0.1) is 25.1 Å². The summed E-state index contributed by atoms with van der Waals surface area (Å²) >= 11 is 1.53. The van der Waals surface area contributed by atoms with Crippen molar-refractivity contribution in [2.75, 3.05) is 13.7 Å². The highest BCUT2D eigenvalue weighted by Gasteiger charge is 2.40. The molecule has 0 unspecified atom stereocenters. The molecule has 0 radical (unpaired) electrons. The first-order chi connectivity index (χ1) is 15.9. The molecule has 3 aromatic rings. The molecule has 0 bridgehead atoms. The normalized spacial score (nSPS) is 13.8. The largest absolute Gasteiger partial charge is 0.497 e. The fourth-order valence-corrected chi connectivity index (χ4v) is 5.88. The predicted octanol–water partition coefficient (Wildman–Crippen LogP) is 4.28. The molecule has 6 nitrogen and oxygen atoms in total.